The molecule has 0 aliphatic heterocycles. The zero-order valence-corrected chi connectivity index (χ0v) is 12.8. The van der Waals surface area contributed by atoms with Gasteiger partial charge in [0.1, 0.15) is 11.5 Å². The first-order valence-corrected chi connectivity index (χ1v) is 8.10. The normalized spacial score (nSPS) is 13.6. The molecule has 0 bridgehead atoms. The third kappa shape index (κ3) is 1.98. The average Bonchev–Trinajstić information content (AvgIpc) is 3.19. The first-order chi connectivity index (χ1) is 10.2. The summed E-state index contributed by atoms with van der Waals surface area (Å²) in [6, 6.07) is 10.9. The average molecular weight is 295 g/mol. The number of fused-ring (bicyclic) bond motifs is 1. The first kappa shape index (κ1) is 12.7. The van der Waals surface area contributed by atoms with Crippen LogP contribution in [0.2, 0.25) is 0 Å². The molecule has 3 nitrogen and oxygen atoms in total. The van der Waals surface area contributed by atoms with Crippen molar-refractivity contribution in [3.05, 3.63) is 46.8 Å². The van der Waals surface area contributed by atoms with E-state index in [1.54, 1.807) is 16.0 Å². The molecule has 2 N–H and O–H groups in total. The van der Waals surface area contributed by atoms with Gasteiger partial charge in [-0.05, 0) is 47.9 Å². The molecular weight excluding hydrogens is 278 g/mol. The molecule has 0 atom stereocenters. The van der Waals surface area contributed by atoms with Crippen LogP contribution in [-0.2, 0) is 19.9 Å². The molecule has 1 aromatic carbocycles. The molecule has 0 spiro atoms. The van der Waals surface area contributed by atoms with Crippen LogP contribution in [0.3, 0.4) is 0 Å². The monoisotopic (exact) mass is 295 g/mol. The smallest absolute Gasteiger partial charge is 0.130 e. The molecule has 4 heteroatoms. The Bertz CT molecular complexity index is 800. The zero-order chi connectivity index (χ0) is 14.4. The molecule has 0 fully saturated rings. The standard InChI is InChI=1S/C17H17N3S/c1-20-17(18)15(14-6-3-9-21-14)16(19-20)13-8-7-11-4-2-5-12(11)10-13/h3,6-10H,2,4-5,18H2,1H3. The second kappa shape index (κ2) is 4.74. The van der Waals surface area contributed by atoms with Gasteiger partial charge in [-0.3, -0.25) is 4.68 Å². The van der Waals surface area contributed by atoms with Gasteiger partial charge in [0.25, 0.3) is 0 Å². The van der Waals surface area contributed by atoms with Gasteiger partial charge in [0.05, 0.1) is 5.56 Å². The summed E-state index contributed by atoms with van der Waals surface area (Å²) in [5.41, 5.74) is 12.4. The number of rotatable bonds is 2. The molecule has 2 heterocycles. The fourth-order valence-corrected chi connectivity index (χ4v) is 3.90. The summed E-state index contributed by atoms with van der Waals surface area (Å²) in [4.78, 5) is 1.18. The van der Waals surface area contributed by atoms with Gasteiger partial charge in [0.2, 0.25) is 0 Å². The maximum absolute atomic E-state index is 6.25. The summed E-state index contributed by atoms with van der Waals surface area (Å²) >= 11 is 1.70. The summed E-state index contributed by atoms with van der Waals surface area (Å²) < 4.78 is 1.78. The van der Waals surface area contributed by atoms with E-state index in [2.05, 4.69) is 40.8 Å². The number of hydrogen-bond acceptors (Lipinski definition) is 3. The quantitative estimate of drug-likeness (QED) is 0.779. The number of hydrogen-bond donors (Lipinski definition) is 1. The van der Waals surface area contributed by atoms with Crippen LogP contribution in [-0.4, -0.2) is 9.78 Å². The van der Waals surface area contributed by atoms with Gasteiger partial charge in [-0.25, -0.2) is 0 Å². The van der Waals surface area contributed by atoms with E-state index in [0.717, 1.165) is 17.1 Å². The van der Waals surface area contributed by atoms with E-state index in [4.69, 9.17) is 5.73 Å². The number of nitrogens with two attached hydrogens (primary N) is 1. The highest BCUT2D eigenvalue weighted by Crippen LogP contribution is 2.39. The van der Waals surface area contributed by atoms with Gasteiger partial charge in [0.15, 0.2) is 0 Å². The van der Waals surface area contributed by atoms with Crippen LogP contribution in [0.5, 0.6) is 0 Å². The first-order valence-electron chi connectivity index (χ1n) is 7.22. The van der Waals surface area contributed by atoms with Crippen LogP contribution in [0.4, 0.5) is 5.82 Å². The predicted octanol–water partition coefficient (Wildman–Crippen LogP) is 3.89. The van der Waals surface area contributed by atoms with Crippen LogP contribution in [0.25, 0.3) is 21.7 Å². The van der Waals surface area contributed by atoms with Crippen LogP contribution < -0.4 is 5.73 Å². The Balaban J connectivity index is 1.91. The highest BCUT2D eigenvalue weighted by atomic mass is 32.1. The molecule has 1 aliphatic carbocycles. The van der Waals surface area contributed by atoms with Gasteiger partial charge in [-0.15, -0.1) is 11.3 Å². The summed E-state index contributed by atoms with van der Waals surface area (Å²) in [6.45, 7) is 0. The third-order valence-electron chi connectivity index (χ3n) is 4.23. The molecular formula is C17H17N3S. The minimum absolute atomic E-state index is 0.730. The molecule has 1 aliphatic rings. The van der Waals surface area contributed by atoms with Gasteiger partial charge in [-0.2, -0.15) is 5.10 Å². The van der Waals surface area contributed by atoms with Crippen molar-refractivity contribution in [2.45, 2.75) is 19.3 Å². The van der Waals surface area contributed by atoms with Crippen molar-refractivity contribution in [3.8, 4) is 21.7 Å². The lowest BCUT2D eigenvalue weighted by Gasteiger charge is -2.05. The van der Waals surface area contributed by atoms with Crippen molar-refractivity contribution in [1.29, 1.82) is 0 Å². The van der Waals surface area contributed by atoms with Gasteiger partial charge in [-0.1, -0.05) is 18.2 Å². The van der Waals surface area contributed by atoms with Crippen molar-refractivity contribution in [2.24, 2.45) is 7.05 Å². The summed E-state index contributed by atoms with van der Waals surface area (Å²) in [5, 5.41) is 6.74. The number of aromatic nitrogens is 2. The van der Waals surface area contributed by atoms with E-state index in [1.165, 1.54) is 40.8 Å². The Morgan fingerprint density at radius 1 is 1.19 bits per heavy atom. The fourth-order valence-electron chi connectivity index (χ4n) is 3.12. The topological polar surface area (TPSA) is 43.8 Å². The molecule has 106 valence electrons. The number of anilines is 1. The fraction of sp³-hybridized carbons (Fsp3) is 0.235. The molecule has 3 aromatic rings. The summed E-state index contributed by atoms with van der Waals surface area (Å²) in [5.74, 6) is 0.730. The van der Waals surface area contributed by atoms with Crippen LogP contribution >= 0.6 is 11.3 Å². The largest absolute Gasteiger partial charge is 0.383 e. The number of benzene rings is 1. The molecule has 0 radical (unpaired) electrons. The molecule has 4 rings (SSSR count). The second-order valence-electron chi connectivity index (χ2n) is 5.55. The molecule has 0 saturated carbocycles. The molecule has 0 amide bonds. The lowest BCUT2D eigenvalue weighted by atomic mass is 10.0. The van der Waals surface area contributed by atoms with E-state index in [-0.39, 0.29) is 0 Å². The number of nitrogens with zero attached hydrogens (tertiary/aromatic N) is 2. The molecule has 0 unspecified atom stereocenters. The predicted molar refractivity (Wildman–Crippen MR) is 88.4 cm³/mol. The molecule has 21 heavy (non-hydrogen) atoms. The lowest BCUT2D eigenvalue weighted by Crippen LogP contribution is -1.97. The lowest BCUT2D eigenvalue weighted by molar-refractivity contribution is 0.782. The maximum Gasteiger partial charge on any atom is 0.130 e. The Morgan fingerprint density at radius 2 is 2.05 bits per heavy atom. The Kier molecular flexibility index (Phi) is 2.86. The van der Waals surface area contributed by atoms with Crippen molar-refractivity contribution in [1.82, 2.24) is 9.78 Å². The second-order valence-corrected chi connectivity index (χ2v) is 6.49. The van der Waals surface area contributed by atoms with E-state index in [1.807, 2.05) is 7.05 Å². The number of thiophene rings is 1. The van der Waals surface area contributed by atoms with E-state index < -0.39 is 0 Å². The highest BCUT2D eigenvalue weighted by molar-refractivity contribution is 7.13. The molecule has 0 saturated heterocycles. The van der Waals surface area contributed by atoms with E-state index >= 15 is 0 Å². The van der Waals surface area contributed by atoms with E-state index in [9.17, 15) is 0 Å². The maximum atomic E-state index is 6.25. The number of aryl methyl sites for hydroxylation is 3. The Labute approximate surface area is 128 Å². The summed E-state index contributed by atoms with van der Waals surface area (Å²) in [6.07, 6.45) is 3.65. The molecule has 2 aromatic heterocycles. The minimum atomic E-state index is 0.730. The van der Waals surface area contributed by atoms with E-state index in [0.29, 0.717) is 0 Å². The number of nitrogen functional groups attached to an aromatic ring is 1. The minimum Gasteiger partial charge on any atom is -0.383 e. The van der Waals surface area contributed by atoms with Gasteiger partial charge < -0.3 is 5.73 Å². The van der Waals surface area contributed by atoms with Crippen molar-refractivity contribution >= 4 is 17.2 Å². The SMILES string of the molecule is Cn1nc(-c2ccc3c(c2)CCC3)c(-c2cccs2)c1N. The van der Waals surface area contributed by atoms with Crippen LogP contribution in [0, 0.1) is 0 Å². The Hall–Kier alpha value is -2.07. The Morgan fingerprint density at radius 3 is 2.86 bits per heavy atom. The highest BCUT2D eigenvalue weighted by Gasteiger charge is 2.19. The summed E-state index contributed by atoms with van der Waals surface area (Å²) in [7, 11) is 1.91. The van der Waals surface area contributed by atoms with Gasteiger partial charge >= 0.3 is 0 Å². The third-order valence-corrected chi connectivity index (χ3v) is 5.12. The van der Waals surface area contributed by atoms with Crippen LogP contribution in [0.15, 0.2) is 35.7 Å². The zero-order valence-electron chi connectivity index (χ0n) is 12.0. The van der Waals surface area contributed by atoms with Crippen molar-refractivity contribution in [3.63, 3.8) is 0 Å². The van der Waals surface area contributed by atoms with Gasteiger partial charge in [0, 0.05) is 17.5 Å². The van der Waals surface area contributed by atoms with Crippen molar-refractivity contribution < 1.29 is 0 Å². The van der Waals surface area contributed by atoms with Crippen molar-refractivity contribution in [2.75, 3.05) is 5.73 Å². The van der Waals surface area contributed by atoms with Crippen LogP contribution in [0.1, 0.15) is 17.5 Å².